The van der Waals surface area contributed by atoms with Crippen molar-refractivity contribution in [2.24, 2.45) is 0 Å². The lowest BCUT2D eigenvalue weighted by atomic mass is 10.1. The Kier molecular flexibility index (Phi) is 5.28. The molecule has 2 atom stereocenters. The summed E-state index contributed by atoms with van der Waals surface area (Å²) in [5.41, 5.74) is 2.71. The zero-order chi connectivity index (χ0) is 13.8. The van der Waals surface area contributed by atoms with Crippen molar-refractivity contribution in [2.75, 3.05) is 18.0 Å². The van der Waals surface area contributed by atoms with Crippen LogP contribution in [0.2, 0.25) is 0 Å². The van der Waals surface area contributed by atoms with Gasteiger partial charge in [0.05, 0.1) is 5.69 Å². The highest BCUT2D eigenvalue weighted by atomic mass is 79.9. The van der Waals surface area contributed by atoms with Crippen LogP contribution >= 0.6 is 15.9 Å². The molecule has 0 aliphatic carbocycles. The Morgan fingerprint density at radius 1 is 1.42 bits per heavy atom. The van der Waals surface area contributed by atoms with Gasteiger partial charge in [0.25, 0.3) is 0 Å². The largest absolute Gasteiger partial charge is 0.368 e. The zero-order valence-electron chi connectivity index (χ0n) is 12.2. The highest BCUT2D eigenvalue weighted by molar-refractivity contribution is 9.10. The van der Waals surface area contributed by atoms with Crippen LogP contribution in [0.1, 0.15) is 51.6 Å². The zero-order valence-corrected chi connectivity index (χ0v) is 13.8. The van der Waals surface area contributed by atoms with Gasteiger partial charge in [-0.2, -0.15) is 0 Å². The summed E-state index contributed by atoms with van der Waals surface area (Å²) >= 11 is 3.76. The van der Waals surface area contributed by atoms with Crippen LogP contribution in [0, 0.1) is 0 Å². The van der Waals surface area contributed by atoms with Crippen molar-refractivity contribution in [3.05, 3.63) is 28.2 Å². The van der Waals surface area contributed by atoms with Crippen molar-refractivity contribution in [1.29, 1.82) is 0 Å². The lowest BCUT2D eigenvalue weighted by Crippen LogP contribution is -2.28. The Morgan fingerprint density at radius 3 is 2.84 bits per heavy atom. The molecule has 2 rings (SSSR count). The summed E-state index contributed by atoms with van der Waals surface area (Å²) in [6.07, 6.45) is 3.89. The minimum absolute atomic E-state index is 0.413. The van der Waals surface area contributed by atoms with Gasteiger partial charge in [0.2, 0.25) is 0 Å². The summed E-state index contributed by atoms with van der Waals surface area (Å²) in [5, 5.41) is 3.46. The van der Waals surface area contributed by atoms with Gasteiger partial charge in [-0.15, -0.1) is 0 Å². The lowest BCUT2D eigenvalue weighted by molar-refractivity contribution is 0.597. The molecule has 2 unspecified atom stereocenters. The molecule has 2 nitrogen and oxygen atoms in total. The molecular weight excluding hydrogens is 300 g/mol. The minimum Gasteiger partial charge on any atom is -0.368 e. The number of hydrogen-bond acceptors (Lipinski definition) is 2. The van der Waals surface area contributed by atoms with E-state index in [0.29, 0.717) is 12.1 Å². The van der Waals surface area contributed by atoms with E-state index in [-0.39, 0.29) is 0 Å². The van der Waals surface area contributed by atoms with Crippen LogP contribution < -0.4 is 10.2 Å². The predicted octanol–water partition coefficient (Wildman–Crippen LogP) is 4.50. The number of benzene rings is 1. The second-order valence-corrected chi connectivity index (χ2v) is 6.24. The molecule has 3 heteroatoms. The van der Waals surface area contributed by atoms with Gasteiger partial charge in [0, 0.05) is 23.1 Å². The fourth-order valence-electron chi connectivity index (χ4n) is 3.03. The maximum absolute atomic E-state index is 3.76. The molecule has 0 aromatic heterocycles. The van der Waals surface area contributed by atoms with Crippen LogP contribution in [0.3, 0.4) is 0 Å². The van der Waals surface area contributed by atoms with Crippen molar-refractivity contribution in [3.63, 3.8) is 0 Å². The summed E-state index contributed by atoms with van der Waals surface area (Å²) < 4.78 is 1.23. The van der Waals surface area contributed by atoms with Crippen LogP contribution in [-0.2, 0) is 0 Å². The summed E-state index contributed by atoms with van der Waals surface area (Å²) in [6.45, 7) is 8.86. The summed E-state index contributed by atoms with van der Waals surface area (Å²) in [4.78, 5) is 2.56. The van der Waals surface area contributed by atoms with E-state index >= 15 is 0 Å². The molecule has 1 aliphatic rings. The fraction of sp³-hybridized carbons (Fsp3) is 0.625. The third-order valence-corrected chi connectivity index (χ3v) is 4.78. The van der Waals surface area contributed by atoms with Crippen LogP contribution in [0.5, 0.6) is 0 Å². The van der Waals surface area contributed by atoms with Crippen LogP contribution in [0.4, 0.5) is 5.69 Å². The Balaban J connectivity index is 2.19. The molecule has 1 heterocycles. The molecule has 0 radical (unpaired) electrons. The molecule has 1 aliphatic heterocycles. The van der Waals surface area contributed by atoms with E-state index in [0.717, 1.165) is 6.54 Å². The smallest absolute Gasteiger partial charge is 0.0513 e. The fourth-order valence-corrected chi connectivity index (χ4v) is 3.65. The Bertz CT molecular complexity index is 419. The number of nitrogens with zero attached hydrogens (tertiary/aromatic N) is 1. The van der Waals surface area contributed by atoms with Gasteiger partial charge in [-0.25, -0.2) is 0 Å². The predicted molar refractivity (Wildman–Crippen MR) is 86.9 cm³/mol. The Hall–Kier alpha value is -0.540. The third kappa shape index (κ3) is 3.32. The van der Waals surface area contributed by atoms with Crippen molar-refractivity contribution < 1.29 is 0 Å². The first kappa shape index (κ1) is 14.9. The van der Waals surface area contributed by atoms with E-state index in [2.05, 4.69) is 65.1 Å². The first-order valence-electron chi connectivity index (χ1n) is 7.46. The SMILES string of the molecule is CCNC(C)c1ccc(N2CCCC2CC)c(Br)c1. The third-order valence-electron chi connectivity index (χ3n) is 4.14. The summed E-state index contributed by atoms with van der Waals surface area (Å²) in [6, 6.07) is 7.94. The number of halogens is 1. The van der Waals surface area contributed by atoms with E-state index < -0.39 is 0 Å². The van der Waals surface area contributed by atoms with Gasteiger partial charge in [0.1, 0.15) is 0 Å². The molecule has 0 bridgehead atoms. The van der Waals surface area contributed by atoms with Gasteiger partial charge in [-0.05, 0) is 66.4 Å². The van der Waals surface area contributed by atoms with Gasteiger partial charge < -0.3 is 10.2 Å². The van der Waals surface area contributed by atoms with Gasteiger partial charge in [-0.3, -0.25) is 0 Å². The quantitative estimate of drug-likeness (QED) is 0.857. The maximum Gasteiger partial charge on any atom is 0.0513 e. The standard InChI is InChI=1S/C16H25BrN2/c1-4-14-7-6-10-19(14)16-9-8-13(11-15(16)17)12(3)18-5-2/h8-9,11-12,14,18H,4-7,10H2,1-3H3. The highest BCUT2D eigenvalue weighted by Crippen LogP contribution is 2.34. The molecule has 1 N–H and O–H groups in total. The second-order valence-electron chi connectivity index (χ2n) is 5.39. The molecule has 1 saturated heterocycles. The van der Waals surface area contributed by atoms with Crippen LogP contribution in [0.15, 0.2) is 22.7 Å². The normalized spacial score (nSPS) is 20.8. The van der Waals surface area contributed by atoms with E-state index in [1.165, 1.54) is 41.5 Å². The summed E-state index contributed by atoms with van der Waals surface area (Å²) in [7, 11) is 0. The van der Waals surface area contributed by atoms with Crippen LogP contribution in [-0.4, -0.2) is 19.1 Å². The van der Waals surface area contributed by atoms with Crippen molar-refractivity contribution in [2.45, 2.75) is 52.1 Å². The highest BCUT2D eigenvalue weighted by Gasteiger charge is 2.24. The Labute approximate surface area is 125 Å². The first-order valence-corrected chi connectivity index (χ1v) is 8.26. The number of hydrogen-bond donors (Lipinski definition) is 1. The molecule has 1 aromatic rings. The molecule has 1 fully saturated rings. The summed E-state index contributed by atoms with van der Waals surface area (Å²) in [5.74, 6) is 0. The molecule has 0 spiro atoms. The molecule has 19 heavy (non-hydrogen) atoms. The second kappa shape index (κ2) is 6.76. The van der Waals surface area contributed by atoms with Crippen molar-refractivity contribution >= 4 is 21.6 Å². The lowest BCUT2D eigenvalue weighted by Gasteiger charge is -2.27. The van der Waals surface area contributed by atoms with E-state index in [1.54, 1.807) is 0 Å². The van der Waals surface area contributed by atoms with E-state index in [1.807, 2.05) is 0 Å². The topological polar surface area (TPSA) is 15.3 Å². The maximum atomic E-state index is 3.76. The van der Waals surface area contributed by atoms with Crippen LogP contribution in [0.25, 0.3) is 0 Å². The number of rotatable bonds is 5. The molecule has 1 aromatic carbocycles. The monoisotopic (exact) mass is 324 g/mol. The van der Waals surface area contributed by atoms with Crippen molar-refractivity contribution in [1.82, 2.24) is 5.32 Å². The van der Waals surface area contributed by atoms with Gasteiger partial charge in [-0.1, -0.05) is 19.9 Å². The molecule has 106 valence electrons. The van der Waals surface area contributed by atoms with E-state index in [9.17, 15) is 0 Å². The average molecular weight is 325 g/mol. The van der Waals surface area contributed by atoms with Crippen molar-refractivity contribution in [3.8, 4) is 0 Å². The molecule has 0 saturated carbocycles. The van der Waals surface area contributed by atoms with Gasteiger partial charge in [0.15, 0.2) is 0 Å². The number of nitrogens with one attached hydrogen (secondary N) is 1. The first-order chi connectivity index (χ1) is 9.17. The minimum atomic E-state index is 0.413. The van der Waals surface area contributed by atoms with E-state index in [4.69, 9.17) is 0 Å². The molecular formula is C16H25BrN2. The van der Waals surface area contributed by atoms with Gasteiger partial charge >= 0.3 is 0 Å². The Morgan fingerprint density at radius 2 is 2.21 bits per heavy atom. The molecule has 0 amide bonds. The number of anilines is 1. The average Bonchev–Trinajstić information content (AvgIpc) is 2.87.